The molecule has 1 nitrogen and oxygen atoms in total. The molecule has 0 saturated heterocycles. The van der Waals surface area contributed by atoms with Crippen LogP contribution in [0.2, 0.25) is 0 Å². The minimum absolute atomic E-state index is 1.12. The molecule has 0 N–H and O–H groups in total. The second-order valence-corrected chi connectivity index (χ2v) is 13.6. The van der Waals surface area contributed by atoms with E-state index in [1.807, 2.05) is 11.3 Å². The SMILES string of the molecule is c1ccc(-c2ccc(N(c3ccccc3)c3ccc(-c4cccc(-c5cccc6c5sc5c(-c7ccccc7)cccc56)c4)cc3)cc2)cc1. The molecule has 0 bridgehead atoms. The zero-order chi connectivity index (χ0) is 33.3. The molecule has 2 heteroatoms. The van der Waals surface area contributed by atoms with Gasteiger partial charge in [-0.3, -0.25) is 0 Å². The Bertz CT molecular complexity index is 2550. The van der Waals surface area contributed by atoms with E-state index in [0.717, 1.165) is 17.1 Å². The number of hydrogen-bond acceptors (Lipinski definition) is 2. The molecule has 0 aliphatic carbocycles. The number of benzene rings is 8. The van der Waals surface area contributed by atoms with Crippen LogP contribution in [0.15, 0.2) is 200 Å². The fraction of sp³-hybridized carbons (Fsp3) is 0. The Morgan fingerprint density at radius 2 is 0.680 bits per heavy atom. The van der Waals surface area contributed by atoms with Crippen LogP contribution in [0.3, 0.4) is 0 Å². The second-order valence-electron chi connectivity index (χ2n) is 12.5. The van der Waals surface area contributed by atoms with E-state index in [9.17, 15) is 0 Å². The lowest BCUT2D eigenvalue weighted by atomic mass is 9.97. The highest BCUT2D eigenvalue weighted by Gasteiger charge is 2.16. The van der Waals surface area contributed by atoms with Crippen molar-refractivity contribution in [1.82, 2.24) is 0 Å². The van der Waals surface area contributed by atoms with Crippen LogP contribution in [-0.4, -0.2) is 0 Å². The Balaban J connectivity index is 1.07. The Hall–Kier alpha value is -6.22. The minimum atomic E-state index is 1.12. The lowest BCUT2D eigenvalue weighted by molar-refractivity contribution is 1.28. The molecule has 0 spiro atoms. The number of fused-ring (bicyclic) bond motifs is 3. The van der Waals surface area contributed by atoms with Gasteiger partial charge in [0.15, 0.2) is 0 Å². The molecule has 0 aliphatic heterocycles. The highest BCUT2D eigenvalue weighted by molar-refractivity contribution is 7.26. The van der Waals surface area contributed by atoms with Gasteiger partial charge >= 0.3 is 0 Å². The molecule has 236 valence electrons. The predicted octanol–water partition coefficient (Wildman–Crippen LogP) is 14.2. The maximum atomic E-state index is 2.34. The van der Waals surface area contributed by atoms with Gasteiger partial charge in [0.2, 0.25) is 0 Å². The zero-order valence-electron chi connectivity index (χ0n) is 27.4. The molecule has 0 saturated carbocycles. The average molecular weight is 656 g/mol. The standard InChI is InChI=1S/C48H33NS/c1-4-13-34(14-5-1)35-25-29-41(30-26-35)49(40-19-8-3-9-20-40)42-31-27-36(28-32-42)38-17-10-18-39(33-38)44-22-12-24-46-45-23-11-21-43(47(45)50-48(44)46)37-15-6-2-7-16-37/h1-33H. The molecular weight excluding hydrogens is 623 g/mol. The number of anilines is 3. The van der Waals surface area contributed by atoms with Crippen LogP contribution < -0.4 is 4.90 Å². The molecule has 9 rings (SSSR count). The quantitative estimate of drug-likeness (QED) is 0.165. The molecule has 0 radical (unpaired) electrons. The monoisotopic (exact) mass is 655 g/mol. The van der Waals surface area contributed by atoms with Gasteiger partial charge in [-0.1, -0.05) is 158 Å². The smallest absolute Gasteiger partial charge is 0.0462 e. The van der Waals surface area contributed by atoms with Crippen LogP contribution in [0.25, 0.3) is 64.7 Å². The molecule has 9 aromatic rings. The largest absolute Gasteiger partial charge is 0.311 e. The molecule has 50 heavy (non-hydrogen) atoms. The zero-order valence-corrected chi connectivity index (χ0v) is 28.2. The third kappa shape index (κ3) is 5.56. The maximum Gasteiger partial charge on any atom is 0.0462 e. The van der Waals surface area contributed by atoms with E-state index < -0.39 is 0 Å². The van der Waals surface area contributed by atoms with E-state index in [4.69, 9.17) is 0 Å². The minimum Gasteiger partial charge on any atom is -0.311 e. The molecule has 0 atom stereocenters. The van der Waals surface area contributed by atoms with Gasteiger partial charge in [-0.2, -0.15) is 0 Å². The van der Waals surface area contributed by atoms with Crippen molar-refractivity contribution < 1.29 is 0 Å². The summed E-state index contributed by atoms with van der Waals surface area (Å²) < 4.78 is 2.67. The fourth-order valence-corrected chi connectivity index (χ4v) is 8.39. The second kappa shape index (κ2) is 13.0. The normalized spacial score (nSPS) is 11.2. The molecule has 8 aromatic carbocycles. The molecule has 1 heterocycles. The number of para-hydroxylation sites is 1. The van der Waals surface area contributed by atoms with Crippen LogP contribution in [0.5, 0.6) is 0 Å². The molecule has 0 fully saturated rings. The van der Waals surface area contributed by atoms with Crippen LogP contribution in [0, 0.1) is 0 Å². The third-order valence-corrected chi connectivity index (χ3v) is 10.8. The Labute approximate surface area is 297 Å². The summed E-state index contributed by atoms with van der Waals surface area (Å²) in [5, 5.41) is 2.63. The maximum absolute atomic E-state index is 2.34. The van der Waals surface area contributed by atoms with Crippen molar-refractivity contribution in [3.63, 3.8) is 0 Å². The van der Waals surface area contributed by atoms with Crippen LogP contribution in [0.1, 0.15) is 0 Å². The Morgan fingerprint density at radius 3 is 1.26 bits per heavy atom. The third-order valence-electron chi connectivity index (χ3n) is 9.49. The van der Waals surface area contributed by atoms with E-state index in [-0.39, 0.29) is 0 Å². The van der Waals surface area contributed by atoms with E-state index in [0.29, 0.717) is 0 Å². The van der Waals surface area contributed by atoms with Crippen molar-refractivity contribution in [1.29, 1.82) is 0 Å². The molecule has 0 amide bonds. The summed E-state index contributed by atoms with van der Waals surface area (Å²) in [6.07, 6.45) is 0. The molecule has 0 unspecified atom stereocenters. The van der Waals surface area contributed by atoms with Crippen LogP contribution in [0.4, 0.5) is 17.1 Å². The van der Waals surface area contributed by atoms with Crippen LogP contribution >= 0.6 is 11.3 Å². The summed E-state index contributed by atoms with van der Waals surface area (Å²) in [7, 11) is 0. The topological polar surface area (TPSA) is 3.24 Å². The van der Waals surface area contributed by atoms with Gasteiger partial charge in [0.05, 0.1) is 0 Å². The van der Waals surface area contributed by atoms with E-state index >= 15 is 0 Å². The highest BCUT2D eigenvalue weighted by atomic mass is 32.1. The lowest BCUT2D eigenvalue weighted by Crippen LogP contribution is -2.09. The van der Waals surface area contributed by atoms with Crippen molar-refractivity contribution in [2.45, 2.75) is 0 Å². The molecule has 1 aromatic heterocycles. The van der Waals surface area contributed by atoms with E-state index in [1.54, 1.807) is 0 Å². The van der Waals surface area contributed by atoms with Gasteiger partial charge in [-0.05, 0) is 87.0 Å². The van der Waals surface area contributed by atoms with Gasteiger partial charge in [-0.15, -0.1) is 11.3 Å². The van der Waals surface area contributed by atoms with Crippen molar-refractivity contribution in [2.24, 2.45) is 0 Å². The summed E-state index contributed by atoms with van der Waals surface area (Å²) >= 11 is 1.90. The van der Waals surface area contributed by atoms with E-state index in [1.165, 1.54) is 64.7 Å². The van der Waals surface area contributed by atoms with Gasteiger partial charge < -0.3 is 4.90 Å². The lowest BCUT2D eigenvalue weighted by Gasteiger charge is -2.26. The van der Waals surface area contributed by atoms with Gasteiger partial charge in [0, 0.05) is 37.2 Å². The van der Waals surface area contributed by atoms with Gasteiger partial charge in [0.25, 0.3) is 0 Å². The van der Waals surface area contributed by atoms with Crippen LogP contribution in [-0.2, 0) is 0 Å². The first-order valence-corrected chi connectivity index (χ1v) is 17.8. The molecule has 0 aliphatic rings. The number of hydrogen-bond donors (Lipinski definition) is 0. The average Bonchev–Trinajstić information content (AvgIpc) is 3.59. The first-order valence-electron chi connectivity index (χ1n) is 17.0. The number of rotatable bonds is 7. The first kappa shape index (κ1) is 29.9. The van der Waals surface area contributed by atoms with Crippen molar-refractivity contribution in [2.75, 3.05) is 4.90 Å². The first-order chi connectivity index (χ1) is 24.8. The summed E-state index contributed by atoms with van der Waals surface area (Å²) in [5.74, 6) is 0. The van der Waals surface area contributed by atoms with Gasteiger partial charge in [0.1, 0.15) is 0 Å². The van der Waals surface area contributed by atoms with Crippen molar-refractivity contribution in [3.05, 3.63) is 200 Å². The summed E-state index contributed by atoms with van der Waals surface area (Å²) in [6, 6.07) is 72.1. The highest BCUT2D eigenvalue weighted by Crippen LogP contribution is 2.44. The van der Waals surface area contributed by atoms with Crippen molar-refractivity contribution >= 4 is 48.6 Å². The molecular formula is C48H33NS. The Kier molecular flexibility index (Phi) is 7.77. The number of thiophene rings is 1. The summed E-state index contributed by atoms with van der Waals surface area (Å²) in [4.78, 5) is 2.32. The Morgan fingerprint density at radius 1 is 0.280 bits per heavy atom. The summed E-state index contributed by atoms with van der Waals surface area (Å²) in [5.41, 5.74) is 13.2. The fourth-order valence-electron chi connectivity index (χ4n) is 7.02. The van der Waals surface area contributed by atoms with E-state index in [2.05, 4.69) is 205 Å². The van der Waals surface area contributed by atoms with Gasteiger partial charge in [-0.25, -0.2) is 0 Å². The van der Waals surface area contributed by atoms with Crippen molar-refractivity contribution in [3.8, 4) is 44.5 Å². The predicted molar refractivity (Wildman–Crippen MR) is 216 cm³/mol. The number of nitrogens with zero attached hydrogens (tertiary/aromatic N) is 1. The summed E-state index contributed by atoms with van der Waals surface area (Å²) in [6.45, 7) is 0.